The first-order chi connectivity index (χ1) is 13.6. The molecule has 4 heterocycles. The second kappa shape index (κ2) is 6.27. The van der Waals surface area contributed by atoms with E-state index < -0.39 is 0 Å². The average molecular weight is 368 g/mol. The molecule has 5 rings (SSSR count). The maximum atomic E-state index is 4.85. The molecule has 5 aromatic rings. The Kier molecular flexibility index (Phi) is 3.72. The predicted octanol–water partition coefficient (Wildman–Crippen LogP) is 4.11. The second-order valence-corrected chi connectivity index (χ2v) is 7.16. The Bertz CT molecular complexity index is 1300. The first kappa shape index (κ1) is 16.6. The van der Waals surface area contributed by atoms with Gasteiger partial charge in [-0.25, -0.2) is 14.5 Å². The Morgan fingerprint density at radius 1 is 0.893 bits per heavy atom. The fourth-order valence-electron chi connectivity index (χ4n) is 3.62. The van der Waals surface area contributed by atoms with Gasteiger partial charge in [-0.3, -0.25) is 4.98 Å². The molecule has 0 aliphatic heterocycles. The van der Waals surface area contributed by atoms with Crippen LogP contribution in [-0.2, 0) is 6.54 Å². The summed E-state index contributed by atoms with van der Waals surface area (Å²) in [4.78, 5) is 13.7. The third kappa shape index (κ3) is 2.57. The van der Waals surface area contributed by atoms with Crippen molar-refractivity contribution in [3.05, 3.63) is 77.5 Å². The number of aryl methyl sites for hydroxylation is 2. The van der Waals surface area contributed by atoms with Crippen LogP contribution in [0.2, 0.25) is 0 Å². The molecule has 1 aromatic carbocycles. The van der Waals surface area contributed by atoms with Gasteiger partial charge in [-0.2, -0.15) is 0 Å². The lowest BCUT2D eigenvalue weighted by atomic mass is 10.1. The Balaban J connectivity index is 1.70. The summed E-state index contributed by atoms with van der Waals surface area (Å²) >= 11 is 0. The van der Waals surface area contributed by atoms with E-state index in [0.29, 0.717) is 5.82 Å². The van der Waals surface area contributed by atoms with E-state index in [2.05, 4.69) is 59.7 Å². The van der Waals surface area contributed by atoms with E-state index in [1.807, 2.05) is 24.5 Å². The third-order valence-corrected chi connectivity index (χ3v) is 5.35. The maximum Gasteiger partial charge on any atom is 0.182 e. The number of fused-ring (bicyclic) bond motifs is 3. The first-order valence-corrected chi connectivity index (χ1v) is 9.28. The highest BCUT2D eigenvalue weighted by Crippen LogP contribution is 2.28. The summed E-state index contributed by atoms with van der Waals surface area (Å²) < 4.78 is 4.01. The van der Waals surface area contributed by atoms with E-state index >= 15 is 0 Å². The van der Waals surface area contributed by atoms with E-state index in [1.165, 1.54) is 22.4 Å². The second-order valence-electron chi connectivity index (χ2n) is 7.16. The molecular weight excluding hydrogens is 348 g/mol. The van der Waals surface area contributed by atoms with E-state index in [0.717, 1.165) is 28.8 Å². The highest BCUT2D eigenvalue weighted by atomic mass is 15.3. The van der Waals surface area contributed by atoms with Gasteiger partial charge in [0, 0.05) is 30.2 Å². The lowest BCUT2D eigenvalue weighted by Crippen LogP contribution is -2.03. The van der Waals surface area contributed by atoms with Gasteiger partial charge in [-0.15, -0.1) is 5.10 Å². The van der Waals surface area contributed by atoms with Gasteiger partial charge in [0.15, 0.2) is 11.5 Å². The lowest BCUT2D eigenvalue weighted by molar-refractivity contribution is 0.786. The Hall–Kier alpha value is -3.54. The zero-order valence-corrected chi connectivity index (χ0v) is 16.1. The SMILES string of the molecule is Cc1ccc(-c2nc3c4c(C)c(C)n(Cc5ccncc5)c4ncn3n2)cc1. The summed E-state index contributed by atoms with van der Waals surface area (Å²) in [5.41, 5.74) is 7.57. The summed E-state index contributed by atoms with van der Waals surface area (Å²) in [6.45, 7) is 7.08. The van der Waals surface area contributed by atoms with Crippen LogP contribution in [0.5, 0.6) is 0 Å². The van der Waals surface area contributed by atoms with Crippen LogP contribution in [0.4, 0.5) is 0 Å². The van der Waals surface area contributed by atoms with Gasteiger partial charge in [-0.05, 0) is 44.0 Å². The average Bonchev–Trinajstić information content (AvgIpc) is 3.24. The summed E-state index contributed by atoms with van der Waals surface area (Å²) in [5, 5.41) is 5.71. The fourth-order valence-corrected chi connectivity index (χ4v) is 3.62. The smallest absolute Gasteiger partial charge is 0.182 e. The molecule has 0 radical (unpaired) electrons. The van der Waals surface area contributed by atoms with Gasteiger partial charge in [-0.1, -0.05) is 29.8 Å². The van der Waals surface area contributed by atoms with Crippen molar-refractivity contribution in [1.82, 2.24) is 29.1 Å². The molecule has 0 saturated heterocycles. The highest BCUT2D eigenvalue weighted by molar-refractivity contribution is 5.94. The summed E-state index contributed by atoms with van der Waals surface area (Å²) in [6, 6.07) is 12.3. The quantitative estimate of drug-likeness (QED) is 0.481. The summed E-state index contributed by atoms with van der Waals surface area (Å²) in [5.74, 6) is 0.716. The Morgan fingerprint density at radius 2 is 1.64 bits per heavy atom. The van der Waals surface area contributed by atoms with Gasteiger partial charge in [0.05, 0.1) is 5.39 Å². The topological polar surface area (TPSA) is 60.9 Å². The van der Waals surface area contributed by atoms with Crippen molar-refractivity contribution < 1.29 is 0 Å². The molecular formula is C22H20N6. The lowest BCUT2D eigenvalue weighted by Gasteiger charge is -2.07. The molecule has 0 bridgehead atoms. The molecule has 0 N–H and O–H groups in total. The van der Waals surface area contributed by atoms with Crippen LogP contribution in [-0.4, -0.2) is 29.1 Å². The van der Waals surface area contributed by atoms with Crippen LogP contribution in [0.15, 0.2) is 55.1 Å². The van der Waals surface area contributed by atoms with Crippen LogP contribution in [0.3, 0.4) is 0 Å². The first-order valence-electron chi connectivity index (χ1n) is 9.28. The van der Waals surface area contributed by atoms with Gasteiger partial charge in [0.2, 0.25) is 0 Å². The van der Waals surface area contributed by atoms with Crippen molar-refractivity contribution in [2.45, 2.75) is 27.3 Å². The molecule has 0 atom stereocenters. The minimum Gasteiger partial charge on any atom is -0.325 e. The van der Waals surface area contributed by atoms with E-state index in [9.17, 15) is 0 Å². The third-order valence-electron chi connectivity index (χ3n) is 5.35. The molecule has 0 fully saturated rings. The minimum absolute atomic E-state index is 0.716. The monoisotopic (exact) mass is 368 g/mol. The van der Waals surface area contributed by atoms with Gasteiger partial charge >= 0.3 is 0 Å². The van der Waals surface area contributed by atoms with Gasteiger partial charge < -0.3 is 4.57 Å². The zero-order chi connectivity index (χ0) is 19.3. The Morgan fingerprint density at radius 3 is 2.39 bits per heavy atom. The standard InChI is InChI=1S/C22H20N6/c1-14-4-6-18(7-5-14)20-25-22-19-15(2)16(3)27(12-17-8-10-23-11-9-17)21(19)24-13-28(22)26-20/h4-11,13H,12H2,1-3H3. The van der Waals surface area contributed by atoms with Crippen molar-refractivity contribution in [3.8, 4) is 11.4 Å². The molecule has 0 spiro atoms. The van der Waals surface area contributed by atoms with Crippen LogP contribution >= 0.6 is 0 Å². The molecule has 6 nitrogen and oxygen atoms in total. The number of hydrogen-bond acceptors (Lipinski definition) is 4. The van der Waals surface area contributed by atoms with Crippen molar-refractivity contribution in [1.29, 1.82) is 0 Å². The van der Waals surface area contributed by atoms with E-state index in [4.69, 9.17) is 9.97 Å². The number of aromatic nitrogens is 6. The molecule has 138 valence electrons. The molecule has 0 saturated carbocycles. The zero-order valence-electron chi connectivity index (χ0n) is 16.1. The van der Waals surface area contributed by atoms with Crippen LogP contribution in [0, 0.1) is 20.8 Å². The van der Waals surface area contributed by atoms with Crippen molar-refractivity contribution in [3.63, 3.8) is 0 Å². The number of nitrogens with zero attached hydrogens (tertiary/aromatic N) is 6. The number of pyridine rings is 1. The number of hydrogen-bond donors (Lipinski definition) is 0. The van der Waals surface area contributed by atoms with Gasteiger partial charge in [0.25, 0.3) is 0 Å². The molecule has 4 aromatic heterocycles. The predicted molar refractivity (Wildman–Crippen MR) is 109 cm³/mol. The van der Waals surface area contributed by atoms with Crippen molar-refractivity contribution in [2.75, 3.05) is 0 Å². The molecule has 0 amide bonds. The summed E-state index contributed by atoms with van der Waals surface area (Å²) in [7, 11) is 0. The summed E-state index contributed by atoms with van der Waals surface area (Å²) in [6.07, 6.45) is 5.40. The van der Waals surface area contributed by atoms with Crippen molar-refractivity contribution >= 4 is 16.7 Å². The molecule has 28 heavy (non-hydrogen) atoms. The minimum atomic E-state index is 0.716. The molecule has 0 aliphatic carbocycles. The normalized spacial score (nSPS) is 11.5. The molecule has 0 unspecified atom stereocenters. The number of rotatable bonds is 3. The van der Waals surface area contributed by atoms with Crippen LogP contribution in [0.25, 0.3) is 28.1 Å². The maximum absolute atomic E-state index is 4.85. The molecule has 6 heteroatoms. The largest absolute Gasteiger partial charge is 0.325 e. The van der Waals surface area contributed by atoms with Crippen molar-refractivity contribution in [2.24, 2.45) is 0 Å². The number of benzene rings is 1. The van der Waals surface area contributed by atoms with E-state index in [-0.39, 0.29) is 0 Å². The van der Waals surface area contributed by atoms with Crippen LogP contribution in [0.1, 0.15) is 22.4 Å². The van der Waals surface area contributed by atoms with Gasteiger partial charge in [0.1, 0.15) is 12.0 Å². The Labute approximate surface area is 162 Å². The van der Waals surface area contributed by atoms with Crippen LogP contribution < -0.4 is 0 Å². The molecule has 0 aliphatic rings. The van der Waals surface area contributed by atoms with E-state index in [1.54, 1.807) is 10.8 Å². The highest BCUT2D eigenvalue weighted by Gasteiger charge is 2.18. The fraction of sp³-hybridized carbons (Fsp3) is 0.182.